The zero-order chi connectivity index (χ0) is 11.8. The Morgan fingerprint density at radius 1 is 1.38 bits per heavy atom. The molecule has 1 unspecified atom stereocenters. The molecule has 0 aliphatic heterocycles. The highest BCUT2D eigenvalue weighted by atomic mass is 16.5. The fraction of sp³-hybridized carbons (Fsp3) is 0.556. The van der Waals surface area contributed by atoms with Gasteiger partial charge in [0, 0.05) is 26.8 Å². The van der Waals surface area contributed by atoms with E-state index in [-0.39, 0.29) is 6.10 Å². The SMILES string of the molecule is COCC(CNc1cc(NN)ncn1)OC. The maximum absolute atomic E-state index is 5.24. The predicted octanol–water partition coefficient (Wildman–Crippen LogP) is -0.164. The van der Waals surface area contributed by atoms with Crippen LogP contribution in [0.25, 0.3) is 0 Å². The number of hydrogen-bond acceptors (Lipinski definition) is 7. The van der Waals surface area contributed by atoms with Crippen molar-refractivity contribution in [2.24, 2.45) is 5.84 Å². The first-order chi connectivity index (χ1) is 7.80. The Morgan fingerprint density at radius 2 is 2.12 bits per heavy atom. The van der Waals surface area contributed by atoms with Crippen LogP contribution >= 0.6 is 0 Å². The molecule has 0 amide bonds. The van der Waals surface area contributed by atoms with E-state index in [2.05, 4.69) is 20.7 Å². The number of anilines is 2. The Bertz CT molecular complexity index is 310. The molecule has 90 valence electrons. The molecule has 7 nitrogen and oxygen atoms in total. The molecule has 4 N–H and O–H groups in total. The largest absolute Gasteiger partial charge is 0.382 e. The van der Waals surface area contributed by atoms with E-state index in [4.69, 9.17) is 15.3 Å². The van der Waals surface area contributed by atoms with E-state index in [0.29, 0.717) is 24.8 Å². The molecule has 0 aliphatic rings. The minimum absolute atomic E-state index is 0.0192. The van der Waals surface area contributed by atoms with Gasteiger partial charge in [0.15, 0.2) is 0 Å². The van der Waals surface area contributed by atoms with Crippen LogP contribution in [0.4, 0.5) is 11.6 Å². The standard InChI is InChI=1S/C9H17N5O2/c1-15-5-7(16-2)4-11-8-3-9(14-10)13-6-12-8/h3,6-7H,4-5,10H2,1-2H3,(H2,11,12,13,14). The maximum Gasteiger partial charge on any atom is 0.145 e. The van der Waals surface area contributed by atoms with E-state index >= 15 is 0 Å². The Hall–Kier alpha value is -1.44. The molecule has 0 aromatic carbocycles. The second-order valence-corrected chi connectivity index (χ2v) is 3.13. The molecule has 1 heterocycles. The van der Waals surface area contributed by atoms with Gasteiger partial charge in [-0.05, 0) is 0 Å². The summed E-state index contributed by atoms with van der Waals surface area (Å²) in [6.45, 7) is 1.13. The van der Waals surface area contributed by atoms with E-state index in [1.807, 2.05) is 0 Å². The van der Waals surface area contributed by atoms with Gasteiger partial charge in [-0.1, -0.05) is 0 Å². The summed E-state index contributed by atoms with van der Waals surface area (Å²) in [7, 11) is 3.27. The molecule has 1 aromatic rings. The molecule has 7 heteroatoms. The molecule has 0 saturated heterocycles. The van der Waals surface area contributed by atoms with Crippen molar-refractivity contribution in [2.45, 2.75) is 6.10 Å². The van der Waals surface area contributed by atoms with Gasteiger partial charge in [-0.25, -0.2) is 15.8 Å². The third-order valence-corrected chi connectivity index (χ3v) is 2.01. The average Bonchev–Trinajstić information content (AvgIpc) is 2.34. The summed E-state index contributed by atoms with van der Waals surface area (Å²) in [5.74, 6) is 6.47. The molecular weight excluding hydrogens is 210 g/mol. The minimum Gasteiger partial charge on any atom is -0.382 e. The molecule has 0 radical (unpaired) electrons. The van der Waals surface area contributed by atoms with Crippen molar-refractivity contribution in [2.75, 3.05) is 38.1 Å². The smallest absolute Gasteiger partial charge is 0.145 e. The van der Waals surface area contributed by atoms with Gasteiger partial charge >= 0.3 is 0 Å². The zero-order valence-electron chi connectivity index (χ0n) is 9.43. The van der Waals surface area contributed by atoms with Crippen LogP contribution in [0, 0.1) is 0 Å². The number of aromatic nitrogens is 2. The molecule has 1 rings (SSSR count). The van der Waals surface area contributed by atoms with Crippen LogP contribution in [0.15, 0.2) is 12.4 Å². The number of hydrazine groups is 1. The molecule has 0 aliphatic carbocycles. The monoisotopic (exact) mass is 227 g/mol. The highest BCUT2D eigenvalue weighted by Gasteiger charge is 2.06. The molecule has 1 aromatic heterocycles. The van der Waals surface area contributed by atoms with E-state index in [0.717, 1.165) is 0 Å². The van der Waals surface area contributed by atoms with Crippen LogP contribution in [0.1, 0.15) is 0 Å². The van der Waals surface area contributed by atoms with Gasteiger partial charge in [-0.3, -0.25) is 0 Å². The first kappa shape index (κ1) is 12.6. The molecule has 0 saturated carbocycles. The summed E-state index contributed by atoms with van der Waals surface area (Å²) in [6, 6.07) is 1.71. The molecule has 16 heavy (non-hydrogen) atoms. The van der Waals surface area contributed by atoms with Crippen molar-refractivity contribution in [1.82, 2.24) is 9.97 Å². The summed E-state index contributed by atoms with van der Waals surface area (Å²) in [5.41, 5.74) is 2.45. The molecule has 0 spiro atoms. The van der Waals surface area contributed by atoms with Gasteiger partial charge in [-0.2, -0.15) is 0 Å². The number of nitrogens with one attached hydrogen (secondary N) is 2. The fourth-order valence-electron chi connectivity index (χ4n) is 1.15. The topological polar surface area (TPSA) is 94.3 Å². The van der Waals surface area contributed by atoms with Crippen LogP contribution in [0.5, 0.6) is 0 Å². The summed E-state index contributed by atoms with van der Waals surface area (Å²) in [6.07, 6.45) is 1.41. The van der Waals surface area contributed by atoms with Crippen LogP contribution in [0.2, 0.25) is 0 Å². The average molecular weight is 227 g/mol. The van der Waals surface area contributed by atoms with Crippen LogP contribution in [-0.2, 0) is 9.47 Å². The second-order valence-electron chi connectivity index (χ2n) is 3.13. The van der Waals surface area contributed by atoms with Crippen LogP contribution < -0.4 is 16.6 Å². The van der Waals surface area contributed by atoms with Gasteiger partial charge in [0.2, 0.25) is 0 Å². The van der Waals surface area contributed by atoms with Gasteiger partial charge in [0.1, 0.15) is 18.0 Å². The van der Waals surface area contributed by atoms with Crippen molar-refractivity contribution in [3.63, 3.8) is 0 Å². The number of nitrogens with two attached hydrogens (primary N) is 1. The lowest BCUT2D eigenvalue weighted by atomic mass is 10.3. The molecular formula is C9H17N5O2. The first-order valence-corrected chi connectivity index (χ1v) is 4.84. The van der Waals surface area contributed by atoms with Gasteiger partial charge in [0.05, 0.1) is 12.7 Å². The van der Waals surface area contributed by atoms with E-state index in [1.54, 1.807) is 20.3 Å². The Morgan fingerprint density at radius 3 is 2.75 bits per heavy atom. The Labute approximate surface area is 94.3 Å². The maximum atomic E-state index is 5.24. The molecule has 1 atom stereocenters. The normalized spacial score (nSPS) is 12.2. The lowest BCUT2D eigenvalue weighted by Gasteiger charge is -2.15. The van der Waals surface area contributed by atoms with Gasteiger partial charge in [0.25, 0.3) is 0 Å². The van der Waals surface area contributed by atoms with Gasteiger partial charge < -0.3 is 20.2 Å². The summed E-state index contributed by atoms with van der Waals surface area (Å²) in [5, 5.41) is 3.10. The third kappa shape index (κ3) is 3.97. The molecule has 0 fully saturated rings. The van der Waals surface area contributed by atoms with Crippen molar-refractivity contribution in [3.8, 4) is 0 Å². The lowest BCUT2D eigenvalue weighted by Crippen LogP contribution is -2.27. The number of rotatable bonds is 7. The quantitative estimate of drug-likeness (QED) is 0.440. The summed E-state index contributed by atoms with van der Waals surface area (Å²) < 4.78 is 10.2. The van der Waals surface area contributed by atoms with Crippen molar-refractivity contribution in [3.05, 3.63) is 12.4 Å². The summed E-state index contributed by atoms with van der Waals surface area (Å²) in [4.78, 5) is 7.94. The zero-order valence-corrected chi connectivity index (χ0v) is 9.43. The Balaban J connectivity index is 2.46. The minimum atomic E-state index is -0.0192. The van der Waals surface area contributed by atoms with E-state index < -0.39 is 0 Å². The number of hydrogen-bond donors (Lipinski definition) is 3. The first-order valence-electron chi connectivity index (χ1n) is 4.84. The van der Waals surface area contributed by atoms with E-state index in [9.17, 15) is 0 Å². The number of nitrogens with zero attached hydrogens (tertiary/aromatic N) is 2. The lowest BCUT2D eigenvalue weighted by molar-refractivity contribution is 0.0365. The van der Waals surface area contributed by atoms with E-state index in [1.165, 1.54) is 6.33 Å². The number of ether oxygens (including phenoxy) is 2. The van der Waals surface area contributed by atoms with Crippen molar-refractivity contribution >= 4 is 11.6 Å². The van der Waals surface area contributed by atoms with Crippen LogP contribution in [-0.4, -0.2) is 43.4 Å². The second kappa shape index (κ2) is 6.94. The number of methoxy groups -OCH3 is 2. The summed E-state index contributed by atoms with van der Waals surface area (Å²) >= 11 is 0. The highest BCUT2D eigenvalue weighted by molar-refractivity contribution is 5.45. The van der Waals surface area contributed by atoms with Crippen molar-refractivity contribution in [1.29, 1.82) is 0 Å². The highest BCUT2D eigenvalue weighted by Crippen LogP contribution is 2.07. The van der Waals surface area contributed by atoms with Crippen molar-refractivity contribution < 1.29 is 9.47 Å². The third-order valence-electron chi connectivity index (χ3n) is 2.01. The fourth-order valence-corrected chi connectivity index (χ4v) is 1.15. The molecule has 0 bridgehead atoms. The van der Waals surface area contributed by atoms with Crippen LogP contribution in [0.3, 0.4) is 0 Å². The van der Waals surface area contributed by atoms with Gasteiger partial charge in [-0.15, -0.1) is 0 Å². The Kier molecular flexibility index (Phi) is 5.48. The number of nitrogen functional groups attached to an aromatic ring is 1. The predicted molar refractivity (Wildman–Crippen MR) is 61.0 cm³/mol.